The van der Waals surface area contributed by atoms with Crippen LogP contribution in [0.5, 0.6) is 0 Å². The van der Waals surface area contributed by atoms with Gasteiger partial charge in [-0.05, 0) is 38.3 Å². The number of aromatic nitrogens is 1. The van der Waals surface area contributed by atoms with E-state index >= 15 is 0 Å². The molecule has 6 nitrogen and oxygen atoms in total. The largest absolute Gasteiger partial charge is 0.382 e. The molecule has 0 aliphatic heterocycles. The zero-order valence-electron chi connectivity index (χ0n) is 12.8. The first-order valence-corrected chi connectivity index (χ1v) is 7.59. The molecule has 1 aromatic rings. The number of anilines is 1. The molecule has 0 saturated carbocycles. The van der Waals surface area contributed by atoms with E-state index in [4.69, 9.17) is 10.5 Å². The van der Waals surface area contributed by atoms with Gasteiger partial charge in [0.2, 0.25) is 0 Å². The van der Waals surface area contributed by atoms with Gasteiger partial charge in [-0.25, -0.2) is 4.98 Å². The second-order valence-electron chi connectivity index (χ2n) is 4.59. The molecule has 6 heteroatoms. The number of unbranched alkanes of at least 4 members (excludes halogenated alkanes) is 1. The Morgan fingerprint density at radius 3 is 2.90 bits per heavy atom. The Bertz CT molecular complexity index is 383. The molecule has 0 fully saturated rings. The maximum absolute atomic E-state index is 5.77. The van der Waals surface area contributed by atoms with Crippen molar-refractivity contribution in [1.29, 1.82) is 0 Å². The SMILES string of the molecule is CCOCCCN=C(N)NCCCCNc1ccccn1. The van der Waals surface area contributed by atoms with Crippen LogP contribution in [-0.4, -0.2) is 43.8 Å². The third-order valence-corrected chi connectivity index (χ3v) is 2.81. The van der Waals surface area contributed by atoms with Gasteiger partial charge in [-0.3, -0.25) is 4.99 Å². The summed E-state index contributed by atoms with van der Waals surface area (Å²) in [6.07, 6.45) is 4.78. The van der Waals surface area contributed by atoms with Crippen LogP contribution in [0.4, 0.5) is 5.82 Å². The van der Waals surface area contributed by atoms with Crippen LogP contribution < -0.4 is 16.4 Å². The molecule has 1 aromatic heterocycles. The number of hydrogen-bond acceptors (Lipinski definition) is 4. The van der Waals surface area contributed by atoms with Gasteiger partial charge in [0, 0.05) is 39.0 Å². The lowest BCUT2D eigenvalue weighted by molar-refractivity contribution is 0.146. The molecule has 0 aliphatic rings. The monoisotopic (exact) mass is 293 g/mol. The Morgan fingerprint density at radius 1 is 1.29 bits per heavy atom. The average Bonchev–Trinajstić information content (AvgIpc) is 2.51. The van der Waals surface area contributed by atoms with Gasteiger partial charge in [0.25, 0.3) is 0 Å². The summed E-state index contributed by atoms with van der Waals surface area (Å²) < 4.78 is 5.23. The van der Waals surface area contributed by atoms with Crippen LogP contribution >= 0.6 is 0 Å². The Morgan fingerprint density at radius 2 is 2.14 bits per heavy atom. The Labute approximate surface area is 127 Å². The Kier molecular flexibility index (Phi) is 9.82. The molecule has 1 heterocycles. The lowest BCUT2D eigenvalue weighted by Crippen LogP contribution is -2.32. The fourth-order valence-electron chi connectivity index (χ4n) is 1.72. The Balaban J connectivity index is 1.94. The van der Waals surface area contributed by atoms with Crippen LogP contribution in [0.15, 0.2) is 29.4 Å². The van der Waals surface area contributed by atoms with E-state index in [0.29, 0.717) is 12.5 Å². The van der Waals surface area contributed by atoms with Crippen LogP contribution in [0.3, 0.4) is 0 Å². The second-order valence-corrected chi connectivity index (χ2v) is 4.59. The van der Waals surface area contributed by atoms with Crippen molar-refractivity contribution < 1.29 is 4.74 Å². The zero-order valence-corrected chi connectivity index (χ0v) is 12.8. The second kappa shape index (κ2) is 12.0. The summed E-state index contributed by atoms with van der Waals surface area (Å²) in [7, 11) is 0. The normalized spacial score (nSPS) is 11.4. The molecule has 4 N–H and O–H groups in total. The number of aliphatic imine (C=N–C) groups is 1. The highest BCUT2D eigenvalue weighted by atomic mass is 16.5. The first-order chi connectivity index (χ1) is 10.3. The van der Waals surface area contributed by atoms with Gasteiger partial charge >= 0.3 is 0 Å². The lowest BCUT2D eigenvalue weighted by Gasteiger charge is -2.07. The minimum atomic E-state index is 0.518. The van der Waals surface area contributed by atoms with Gasteiger partial charge in [-0.1, -0.05) is 6.07 Å². The van der Waals surface area contributed by atoms with Crippen molar-refractivity contribution >= 4 is 11.8 Å². The van der Waals surface area contributed by atoms with Crippen molar-refractivity contribution in [2.24, 2.45) is 10.7 Å². The number of nitrogens with one attached hydrogen (secondary N) is 2. The van der Waals surface area contributed by atoms with Crippen molar-refractivity contribution in [1.82, 2.24) is 10.3 Å². The summed E-state index contributed by atoms with van der Waals surface area (Å²) >= 11 is 0. The summed E-state index contributed by atoms with van der Waals surface area (Å²) in [6, 6.07) is 5.84. The minimum Gasteiger partial charge on any atom is -0.382 e. The molecule has 0 atom stereocenters. The van der Waals surface area contributed by atoms with Crippen molar-refractivity contribution in [3.63, 3.8) is 0 Å². The highest BCUT2D eigenvalue weighted by Crippen LogP contribution is 1.99. The molecule has 0 radical (unpaired) electrons. The smallest absolute Gasteiger partial charge is 0.188 e. The van der Waals surface area contributed by atoms with E-state index in [1.165, 1.54) is 0 Å². The molecule has 21 heavy (non-hydrogen) atoms. The molecule has 118 valence electrons. The van der Waals surface area contributed by atoms with Gasteiger partial charge in [0.15, 0.2) is 5.96 Å². The van der Waals surface area contributed by atoms with Crippen molar-refractivity contribution in [3.05, 3.63) is 24.4 Å². The molecule has 0 aliphatic carbocycles. The summed E-state index contributed by atoms with van der Waals surface area (Å²) in [4.78, 5) is 8.44. The average molecular weight is 293 g/mol. The van der Waals surface area contributed by atoms with Gasteiger partial charge in [0.05, 0.1) is 0 Å². The van der Waals surface area contributed by atoms with E-state index in [-0.39, 0.29) is 0 Å². The quantitative estimate of drug-likeness (QED) is 0.328. The summed E-state index contributed by atoms with van der Waals surface area (Å²) in [5.41, 5.74) is 5.77. The first kappa shape index (κ1) is 17.2. The van der Waals surface area contributed by atoms with Crippen LogP contribution in [-0.2, 0) is 4.74 Å². The standard InChI is InChI=1S/C15H27N5O/c1-2-21-13-7-12-20-15(16)19-11-6-5-10-18-14-8-3-4-9-17-14/h3-4,8-9H,2,5-7,10-13H2,1H3,(H,17,18)(H3,16,19,20). The van der Waals surface area contributed by atoms with Crippen molar-refractivity contribution in [2.45, 2.75) is 26.2 Å². The summed E-state index contributed by atoms with van der Waals surface area (Å²) in [5, 5.41) is 6.39. The van der Waals surface area contributed by atoms with Crippen LogP contribution in [0.25, 0.3) is 0 Å². The molecular formula is C15H27N5O. The number of nitrogens with two attached hydrogens (primary N) is 1. The lowest BCUT2D eigenvalue weighted by atomic mass is 10.3. The zero-order chi connectivity index (χ0) is 15.2. The molecule has 0 unspecified atom stereocenters. The first-order valence-electron chi connectivity index (χ1n) is 7.59. The maximum Gasteiger partial charge on any atom is 0.188 e. The molecule has 0 aromatic carbocycles. The van der Waals surface area contributed by atoms with E-state index in [1.54, 1.807) is 6.20 Å². The summed E-state index contributed by atoms with van der Waals surface area (Å²) in [5.74, 6) is 1.44. The van der Waals surface area contributed by atoms with E-state index in [0.717, 1.165) is 51.4 Å². The predicted octanol–water partition coefficient (Wildman–Crippen LogP) is 1.60. The molecule has 0 bridgehead atoms. The number of rotatable bonds is 11. The third kappa shape index (κ3) is 9.67. The molecule has 0 spiro atoms. The number of nitrogens with zero attached hydrogens (tertiary/aromatic N) is 2. The Hall–Kier alpha value is -1.82. The van der Waals surface area contributed by atoms with Gasteiger partial charge < -0.3 is 21.1 Å². The van der Waals surface area contributed by atoms with Gasteiger partial charge in [-0.2, -0.15) is 0 Å². The fraction of sp³-hybridized carbons (Fsp3) is 0.600. The highest BCUT2D eigenvalue weighted by molar-refractivity contribution is 5.77. The number of ether oxygens (including phenoxy) is 1. The van der Waals surface area contributed by atoms with E-state index < -0.39 is 0 Å². The van der Waals surface area contributed by atoms with E-state index in [1.807, 2.05) is 25.1 Å². The molecule has 0 amide bonds. The molecular weight excluding hydrogens is 266 g/mol. The van der Waals surface area contributed by atoms with Crippen LogP contribution in [0.2, 0.25) is 0 Å². The van der Waals surface area contributed by atoms with Gasteiger partial charge in [-0.15, -0.1) is 0 Å². The maximum atomic E-state index is 5.77. The number of pyridine rings is 1. The minimum absolute atomic E-state index is 0.518. The molecule has 0 saturated heterocycles. The third-order valence-electron chi connectivity index (χ3n) is 2.81. The fourth-order valence-corrected chi connectivity index (χ4v) is 1.72. The predicted molar refractivity (Wildman–Crippen MR) is 87.6 cm³/mol. The highest BCUT2D eigenvalue weighted by Gasteiger charge is 1.94. The van der Waals surface area contributed by atoms with Crippen molar-refractivity contribution in [3.8, 4) is 0 Å². The van der Waals surface area contributed by atoms with E-state index in [2.05, 4.69) is 20.6 Å². The van der Waals surface area contributed by atoms with Gasteiger partial charge in [0.1, 0.15) is 5.82 Å². The van der Waals surface area contributed by atoms with E-state index in [9.17, 15) is 0 Å². The van der Waals surface area contributed by atoms with Crippen LogP contribution in [0, 0.1) is 0 Å². The summed E-state index contributed by atoms with van der Waals surface area (Å²) in [6.45, 7) is 5.94. The number of hydrogen-bond donors (Lipinski definition) is 3. The number of guanidine groups is 1. The molecule has 1 rings (SSSR count). The van der Waals surface area contributed by atoms with Crippen LogP contribution in [0.1, 0.15) is 26.2 Å². The van der Waals surface area contributed by atoms with Crippen molar-refractivity contribution in [2.75, 3.05) is 38.2 Å². The topological polar surface area (TPSA) is 84.6 Å².